The van der Waals surface area contributed by atoms with Gasteiger partial charge in [-0.2, -0.15) is 0 Å². The topological polar surface area (TPSA) is 71.3 Å². The molecule has 5 heteroatoms. The van der Waals surface area contributed by atoms with Crippen LogP contribution in [0, 0.1) is 13.8 Å². The number of amides is 1. The van der Waals surface area contributed by atoms with E-state index < -0.39 is 11.5 Å². The second-order valence-electron chi connectivity index (χ2n) is 6.30. The normalized spacial score (nSPS) is 13.3. The van der Waals surface area contributed by atoms with Crippen molar-refractivity contribution >= 4 is 11.9 Å². The molecule has 2 rings (SSSR count). The third-order valence-electron chi connectivity index (χ3n) is 4.57. The molecule has 0 radical (unpaired) electrons. The largest absolute Gasteiger partial charge is 0.480 e. The molecule has 1 aromatic heterocycles. The van der Waals surface area contributed by atoms with E-state index in [2.05, 4.69) is 9.88 Å². The summed E-state index contributed by atoms with van der Waals surface area (Å²) in [6.07, 6.45) is 0.316. The molecule has 0 aliphatic carbocycles. The van der Waals surface area contributed by atoms with Crippen molar-refractivity contribution in [2.45, 2.75) is 46.2 Å². The van der Waals surface area contributed by atoms with Crippen molar-refractivity contribution < 1.29 is 14.7 Å². The summed E-state index contributed by atoms with van der Waals surface area (Å²) in [5, 5.41) is 12.0. The van der Waals surface area contributed by atoms with Crippen molar-refractivity contribution in [2.75, 3.05) is 0 Å². The fourth-order valence-electron chi connectivity index (χ4n) is 2.65. The van der Waals surface area contributed by atoms with Gasteiger partial charge < -0.3 is 15.0 Å². The van der Waals surface area contributed by atoms with E-state index in [-0.39, 0.29) is 5.91 Å². The number of hydrogen-bond acceptors (Lipinski definition) is 2. The number of carbonyl (C=O) groups excluding carboxylic acids is 1. The Kier molecular flexibility index (Phi) is 5.12. The van der Waals surface area contributed by atoms with Gasteiger partial charge in [0.05, 0.1) is 5.56 Å². The van der Waals surface area contributed by atoms with Gasteiger partial charge in [0.1, 0.15) is 5.54 Å². The fraction of sp³-hybridized carbons (Fsp3) is 0.368. The number of rotatable bonds is 6. The van der Waals surface area contributed by atoms with E-state index in [0.29, 0.717) is 18.5 Å². The SMILES string of the molecule is CCC(C)(NC(=O)c1cc(C)n(Cc2ccccc2)c1C)C(=O)O. The summed E-state index contributed by atoms with van der Waals surface area (Å²) >= 11 is 0. The Hall–Kier alpha value is -2.56. The van der Waals surface area contributed by atoms with E-state index >= 15 is 0 Å². The monoisotopic (exact) mass is 328 g/mol. The van der Waals surface area contributed by atoms with Crippen LogP contribution >= 0.6 is 0 Å². The predicted octanol–water partition coefficient (Wildman–Crippen LogP) is 3.14. The van der Waals surface area contributed by atoms with E-state index in [9.17, 15) is 14.7 Å². The lowest BCUT2D eigenvalue weighted by Gasteiger charge is -2.24. The maximum atomic E-state index is 12.6. The molecule has 2 N–H and O–H groups in total. The maximum absolute atomic E-state index is 12.6. The molecule has 0 aliphatic rings. The molecule has 0 spiro atoms. The Morgan fingerprint density at radius 1 is 1.21 bits per heavy atom. The van der Waals surface area contributed by atoms with Gasteiger partial charge in [0.15, 0.2) is 0 Å². The van der Waals surface area contributed by atoms with E-state index in [4.69, 9.17) is 0 Å². The second kappa shape index (κ2) is 6.91. The first-order valence-electron chi connectivity index (χ1n) is 8.05. The summed E-state index contributed by atoms with van der Waals surface area (Å²) in [4.78, 5) is 24.0. The molecule has 0 saturated carbocycles. The smallest absolute Gasteiger partial charge is 0.329 e. The average molecular weight is 328 g/mol. The Morgan fingerprint density at radius 2 is 1.83 bits per heavy atom. The standard InChI is InChI=1S/C19H24N2O3/c1-5-19(4,18(23)24)20-17(22)16-11-13(2)21(14(16)3)12-15-9-7-6-8-10-15/h6-11H,5,12H2,1-4H3,(H,20,22)(H,23,24). The molecule has 1 amide bonds. The highest BCUT2D eigenvalue weighted by atomic mass is 16.4. The van der Waals surface area contributed by atoms with Gasteiger partial charge in [0, 0.05) is 17.9 Å². The van der Waals surface area contributed by atoms with Gasteiger partial charge in [-0.1, -0.05) is 37.3 Å². The van der Waals surface area contributed by atoms with Crippen LogP contribution in [0.1, 0.15) is 47.6 Å². The van der Waals surface area contributed by atoms with Crippen LogP contribution < -0.4 is 5.32 Å². The summed E-state index contributed by atoms with van der Waals surface area (Å²) in [5.41, 5.74) is 2.20. The molecule has 1 aromatic carbocycles. The second-order valence-corrected chi connectivity index (χ2v) is 6.30. The molecule has 5 nitrogen and oxygen atoms in total. The van der Waals surface area contributed by atoms with Crippen LogP contribution in [-0.4, -0.2) is 27.1 Å². The molecular weight excluding hydrogens is 304 g/mol. The molecule has 0 fully saturated rings. The van der Waals surface area contributed by atoms with Gasteiger partial charge in [-0.05, 0) is 38.8 Å². The average Bonchev–Trinajstić information content (AvgIpc) is 2.83. The molecular formula is C19H24N2O3. The lowest BCUT2D eigenvalue weighted by atomic mass is 9.98. The lowest BCUT2D eigenvalue weighted by Crippen LogP contribution is -2.51. The molecule has 1 atom stereocenters. The summed E-state index contributed by atoms with van der Waals surface area (Å²) in [5.74, 6) is -1.38. The number of carboxylic acid groups (broad SMARTS) is 1. The van der Waals surface area contributed by atoms with E-state index in [1.807, 2.05) is 50.2 Å². The number of hydrogen-bond donors (Lipinski definition) is 2. The fourth-order valence-corrected chi connectivity index (χ4v) is 2.65. The van der Waals surface area contributed by atoms with E-state index in [1.54, 1.807) is 6.92 Å². The van der Waals surface area contributed by atoms with E-state index in [1.165, 1.54) is 6.92 Å². The highest BCUT2D eigenvalue weighted by molar-refractivity contribution is 5.98. The van der Waals surface area contributed by atoms with Crippen LogP contribution in [0.2, 0.25) is 0 Å². The Morgan fingerprint density at radius 3 is 2.38 bits per heavy atom. The van der Waals surface area contributed by atoms with Crippen LogP contribution in [0.25, 0.3) is 0 Å². The minimum absolute atomic E-state index is 0.316. The highest BCUT2D eigenvalue weighted by Crippen LogP contribution is 2.19. The molecule has 0 bridgehead atoms. The molecule has 2 aromatic rings. The van der Waals surface area contributed by atoms with Gasteiger partial charge in [0.25, 0.3) is 5.91 Å². The van der Waals surface area contributed by atoms with Gasteiger partial charge in [-0.3, -0.25) is 4.79 Å². The molecule has 0 aliphatic heterocycles. The number of benzene rings is 1. The number of carboxylic acids is 1. The minimum atomic E-state index is -1.26. The Balaban J connectivity index is 2.28. The van der Waals surface area contributed by atoms with Crippen LogP contribution in [0.15, 0.2) is 36.4 Å². The highest BCUT2D eigenvalue weighted by Gasteiger charge is 2.33. The first-order chi connectivity index (χ1) is 11.3. The molecule has 128 valence electrons. The first-order valence-corrected chi connectivity index (χ1v) is 8.05. The summed E-state index contributed by atoms with van der Waals surface area (Å²) in [7, 11) is 0. The quantitative estimate of drug-likeness (QED) is 0.856. The molecule has 24 heavy (non-hydrogen) atoms. The van der Waals surface area contributed by atoms with Crippen molar-refractivity contribution in [3.05, 3.63) is 58.9 Å². The summed E-state index contributed by atoms with van der Waals surface area (Å²) in [6, 6.07) is 11.8. The van der Waals surface area contributed by atoms with Gasteiger partial charge in [-0.25, -0.2) is 4.79 Å². The van der Waals surface area contributed by atoms with Gasteiger partial charge >= 0.3 is 5.97 Å². The Labute approximate surface area is 142 Å². The number of aliphatic carboxylic acids is 1. The number of carbonyl (C=O) groups is 2. The number of aryl methyl sites for hydroxylation is 1. The molecule has 0 saturated heterocycles. The van der Waals surface area contributed by atoms with Crippen molar-refractivity contribution in [3.63, 3.8) is 0 Å². The van der Waals surface area contributed by atoms with Gasteiger partial charge in [-0.15, -0.1) is 0 Å². The summed E-state index contributed by atoms with van der Waals surface area (Å²) in [6.45, 7) is 7.77. The zero-order chi connectivity index (χ0) is 17.9. The minimum Gasteiger partial charge on any atom is -0.480 e. The maximum Gasteiger partial charge on any atom is 0.329 e. The lowest BCUT2D eigenvalue weighted by molar-refractivity contribution is -0.143. The number of nitrogens with one attached hydrogen (secondary N) is 1. The van der Waals surface area contributed by atoms with Crippen molar-refractivity contribution in [1.82, 2.24) is 9.88 Å². The zero-order valence-electron chi connectivity index (χ0n) is 14.6. The van der Waals surface area contributed by atoms with Crippen molar-refractivity contribution in [3.8, 4) is 0 Å². The van der Waals surface area contributed by atoms with Gasteiger partial charge in [0.2, 0.25) is 0 Å². The predicted molar refractivity (Wildman–Crippen MR) is 93.2 cm³/mol. The van der Waals surface area contributed by atoms with Crippen LogP contribution in [0.5, 0.6) is 0 Å². The summed E-state index contributed by atoms with van der Waals surface area (Å²) < 4.78 is 2.06. The number of nitrogens with zero attached hydrogens (tertiary/aromatic N) is 1. The van der Waals surface area contributed by atoms with Crippen molar-refractivity contribution in [1.29, 1.82) is 0 Å². The zero-order valence-corrected chi connectivity index (χ0v) is 14.6. The third kappa shape index (κ3) is 3.50. The van der Waals surface area contributed by atoms with Crippen LogP contribution in [-0.2, 0) is 11.3 Å². The van der Waals surface area contributed by atoms with Crippen molar-refractivity contribution in [2.24, 2.45) is 0 Å². The Bertz CT molecular complexity index is 749. The van der Waals surface area contributed by atoms with Crippen LogP contribution in [0.3, 0.4) is 0 Å². The molecule has 1 heterocycles. The third-order valence-corrected chi connectivity index (χ3v) is 4.57. The van der Waals surface area contributed by atoms with Crippen LogP contribution in [0.4, 0.5) is 0 Å². The molecule has 1 unspecified atom stereocenters. The first kappa shape index (κ1) is 17.8. The van der Waals surface area contributed by atoms with E-state index in [0.717, 1.165) is 17.0 Å². The number of aromatic nitrogens is 1.